The predicted molar refractivity (Wildman–Crippen MR) is 88.1 cm³/mol. The van der Waals surface area contributed by atoms with Crippen molar-refractivity contribution in [2.45, 2.75) is 50.0 Å². The molecule has 24 heavy (non-hydrogen) atoms. The lowest BCUT2D eigenvalue weighted by molar-refractivity contribution is -0.0879. The standard InChI is InChI=1S/C18H23N3O3/c1-23-18-5-4-14(22)9-16(18)21(7-6-18)12-13-10-19-17(20-11-13)15-3-2-8-24-15/h2-3,8,10-11,14,16,22H,4-7,9,12H2,1H3/t14-,16-,18+/m1/s1. The Bertz CT molecular complexity index is 673. The number of rotatable bonds is 4. The Labute approximate surface area is 141 Å². The third kappa shape index (κ3) is 2.75. The fourth-order valence-electron chi connectivity index (χ4n) is 4.16. The van der Waals surface area contributed by atoms with Gasteiger partial charge in [-0.1, -0.05) is 0 Å². The van der Waals surface area contributed by atoms with Gasteiger partial charge in [0, 0.05) is 44.2 Å². The molecule has 1 aliphatic heterocycles. The van der Waals surface area contributed by atoms with Crippen LogP contribution in [0.15, 0.2) is 35.2 Å². The molecule has 1 aliphatic carbocycles. The normalized spacial score (nSPS) is 30.4. The average Bonchev–Trinajstić information content (AvgIpc) is 3.25. The van der Waals surface area contributed by atoms with Gasteiger partial charge < -0.3 is 14.3 Å². The smallest absolute Gasteiger partial charge is 0.195 e. The summed E-state index contributed by atoms with van der Waals surface area (Å²) in [5.74, 6) is 1.28. The van der Waals surface area contributed by atoms with Crippen molar-refractivity contribution in [2.24, 2.45) is 0 Å². The SMILES string of the molecule is CO[C@]12CC[C@@H](O)C[C@H]1N(Cc1cnc(-c3ccco3)nc1)CC2. The Morgan fingerprint density at radius 1 is 1.38 bits per heavy atom. The number of aliphatic hydroxyl groups excluding tert-OH is 1. The van der Waals surface area contributed by atoms with Gasteiger partial charge >= 0.3 is 0 Å². The first-order valence-corrected chi connectivity index (χ1v) is 8.52. The van der Waals surface area contributed by atoms with Crippen LogP contribution in [0.3, 0.4) is 0 Å². The van der Waals surface area contributed by atoms with Crippen LogP contribution in [-0.2, 0) is 11.3 Å². The molecule has 3 heterocycles. The zero-order valence-electron chi connectivity index (χ0n) is 13.9. The number of fused-ring (bicyclic) bond motifs is 1. The van der Waals surface area contributed by atoms with E-state index in [4.69, 9.17) is 9.15 Å². The van der Waals surface area contributed by atoms with Gasteiger partial charge in [0.1, 0.15) is 0 Å². The molecule has 3 atom stereocenters. The van der Waals surface area contributed by atoms with Crippen molar-refractivity contribution >= 4 is 0 Å². The van der Waals surface area contributed by atoms with E-state index in [0.717, 1.165) is 44.3 Å². The number of hydrogen-bond acceptors (Lipinski definition) is 6. The maximum Gasteiger partial charge on any atom is 0.195 e. The number of methoxy groups -OCH3 is 1. The zero-order chi connectivity index (χ0) is 16.6. The summed E-state index contributed by atoms with van der Waals surface area (Å²) >= 11 is 0. The molecule has 0 radical (unpaired) electrons. The van der Waals surface area contributed by atoms with Crippen molar-refractivity contribution in [1.82, 2.24) is 14.9 Å². The van der Waals surface area contributed by atoms with E-state index in [1.807, 2.05) is 24.5 Å². The summed E-state index contributed by atoms with van der Waals surface area (Å²) in [5, 5.41) is 10.1. The largest absolute Gasteiger partial charge is 0.461 e. The van der Waals surface area contributed by atoms with E-state index >= 15 is 0 Å². The van der Waals surface area contributed by atoms with Crippen LogP contribution in [0.25, 0.3) is 11.6 Å². The molecule has 1 N–H and O–H groups in total. The molecule has 2 aromatic heterocycles. The Morgan fingerprint density at radius 3 is 2.92 bits per heavy atom. The molecule has 0 amide bonds. The van der Waals surface area contributed by atoms with Crippen LogP contribution >= 0.6 is 0 Å². The van der Waals surface area contributed by atoms with Gasteiger partial charge in [0.05, 0.1) is 18.0 Å². The van der Waals surface area contributed by atoms with Gasteiger partial charge in [-0.3, -0.25) is 4.90 Å². The highest BCUT2D eigenvalue weighted by Crippen LogP contribution is 2.42. The Kier molecular flexibility index (Phi) is 4.12. The molecule has 1 saturated heterocycles. The molecule has 6 nitrogen and oxygen atoms in total. The third-order valence-electron chi connectivity index (χ3n) is 5.51. The molecule has 0 spiro atoms. The van der Waals surface area contributed by atoms with Crippen LogP contribution < -0.4 is 0 Å². The van der Waals surface area contributed by atoms with E-state index in [1.165, 1.54) is 0 Å². The highest BCUT2D eigenvalue weighted by Gasteiger charge is 2.50. The summed E-state index contributed by atoms with van der Waals surface area (Å²) in [6.07, 6.45) is 8.67. The second-order valence-corrected chi connectivity index (χ2v) is 6.83. The predicted octanol–water partition coefficient (Wildman–Crippen LogP) is 2.24. The third-order valence-corrected chi connectivity index (χ3v) is 5.51. The molecular weight excluding hydrogens is 306 g/mol. The first kappa shape index (κ1) is 15.7. The van der Waals surface area contributed by atoms with E-state index in [9.17, 15) is 5.11 Å². The lowest BCUT2D eigenvalue weighted by Gasteiger charge is -2.42. The number of nitrogens with zero attached hydrogens (tertiary/aromatic N) is 3. The zero-order valence-corrected chi connectivity index (χ0v) is 13.9. The Hall–Kier alpha value is -1.76. The summed E-state index contributed by atoms with van der Waals surface area (Å²) < 4.78 is 11.2. The van der Waals surface area contributed by atoms with Gasteiger partial charge in [-0.25, -0.2) is 9.97 Å². The second kappa shape index (κ2) is 6.27. The van der Waals surface area contributed by atoms with Crippen molar-refractivity contribution in [3.63, 3.8) is 0 Å². The monoisotopic (exact) mass is 329 g/mol. The summed E-state index contributed by atoms with van der Waals surface area (Å²) in [5.41, 5.74) is 0.964. The molecule has 2 aromatic rings. The first-order chi connectivity index (χ1) is 11.7. The molecule has 4 rings (SSSR count). The summed E-state index contributed by atoms with van der Waals surface area (Å²) in [6, 6.07) is 3.94. The second-order valence-electron chi connectivity index (χ2n) is 6.83. The topological polar surface area (TPSA) is 71.6 Å². The Balaban J connectivity index is 1.49. The molecule has 0 aromatic carbocycles. The molecule has 2 aliphatic rings. The van der Waals surface area contributed by atoms with Crippen molar-refractivity contribution < 1.29 is 14.3 Å². The van der Waals surface area contributed by atoms with Gasteiger partial charge in [-0.05, 0) is 37.8 Å². The van der Waals surface area contributed by atoms with Gasteiger partial charge in [0.2, 0.25) is 0 Å². The van der Waals surface area contributed by atoms with E-state index in [2.05, 4.69) is 14.9 Å². The van der Waals surface area contributed by atoms with Crippen molar-refractivity contribution in [1.29, 1.82) is 0 Å². The van der Waals surface area contributed by atoms with Crippen LogP contribution in [0.5, 0.6) is 0 Å². The number of hydrogen-bond donors (Lipinski definition) is 1. The molecule has 2 fully saturated rings. The van der Waals surface area contributed by atoms with Crippen LogP contribution in [0, 0.1) is 0 Å². The van der Waals surface area contributed by atoms with Gasteiger partial charge in [-0.2, -0.15) is 0 Å². The fourth-order valence-corrected chi connectivity index (χ4v) is 4.16. The first-order valence-electron chi connectivity index (χ1n) is 8.52. The van der Waals surface area contributed by atoms with Gasteiger partial charge in [-0.15, -0.1) is 0 Å². The summed E-state index contributed by atoms with van der Waals surface area (Å²) in [6.45, 7) is 1.76. The fraction of sp³-hybridized carbons (Fsp3) is 0.556. The number of likely N-dealkylation sites (tertiary alicyclic amines) is 1. The number of aromatic nitrogens is 2. The number of furan rings is 1. The molecular formula is C18H23N3O3. The lowest BCUT2D eigenvalue weighted by Crippen LogP contribution is -2.51. The van der Waals surface area contributed by atoms with Crippen LogP contribution in [-0.4, -0.2) is 51.4 Å². The van der Waals surface area contributed by atoms with Crippen molar-refractivity contribution in [3.8, 4) is 11.6 Å². The van der Waals surface area contributed by atoms with Crippen molar-refractivity contribution in [3.05, 3.63) is 36.4 Å². The number of aliphatic hydroxyl groups is 1. The minimum absolute atomic E-state index is 0.103. The molecule has 128 valence electrons. The average molecular weight is 329 g/mol. The van der Waals surface area contributed by atoms with E-state index in [-0.39, 0.29) is 17.7 Å². The van der Waals surface area contributed by atoms with Crippen LogP contribution in [0.2, 0.25) is 0 Å². The minimum atomic E-state index is -0.226. The highest BCUT2D eigenvalue weighted by molar-refractivity contribution is 5.45. The van der Waals surface area contributed by atoms with E-state index in [0.29, 0.717) is 11.6 Å². The Morgan fingerprint density at radius 2 is 2.21 bits per heavy atom. The number of ether oxygens (including phenoxy) is 1. The van der Waals surface area contributed by atoms with E-state index in [1.54, 1.807) is 13.4 Å². The molecule has 6 heteroatoms. The highest BCUT2D eigenvalue weighted by atomic mass is 16.5. The summed E-state index contributed by atoms with van der Waals surface area (Å²) in [4.78, 5) is 11.2. The maximum absolute atomic E-state index is 10.1. The molecule has 0 unspecified atom stereocenters. The van der Waals surface area contributed by atoms with E-state index < -0.39 is 0 Å². The molecule has 0 bridgehead atoms. The molecule has 1 saturated carbocycles. The minimum Gasteiger partial charge on any atom is -0.461 e. The van der Waals surface area contributed by atoms with Gasteiger partial charge in [0.25, 0.3) is 0 Å². The van der Waals surface area contributed by atoms with Gasteiger partial charge in [0.15, 0.2) is 11.6 Å². The van der Waals surface area contributed by atoms with Crippen molar-refractivity contribution in [2.75, 3.05) is 13.7 Å². The van der Waals surface area contributed by atoms with Crippen LogP contribution in [0.4, 0.5) is 0 Å². The maximum atomic E-state index is 10.1. The van der Waals surface area contributed by atoms with Crippen LogP contribution in [0.1, 0.15) is 31.2 Å². The quantitative estimate of drug-likeness (QED) is 0.927. The summed E-state index contributed by atoms with van der Waals surface area (Å²) in [7, 11) is 1.80. The lowest BCUT2D eigenvalue weighted by atomic mass is 9.79.